The van der Waals surface area contributed by atoms with E-state index in [0.717, 1.165) is 18.1 Å². The maximum absolute atomic E-state index is 4.56. The van der Waals surface area contributed by atoms with E-state index in [1.165, 1.54) is 17.6 Å². The second kappa shape index (κ2) is 2.84. The largest absolute Gasteiger partial charge is 0.242 e. The molecule has 0 aromatic rings. The summed E-state index contributed by atoms with van der Waals surface area (Å²) in [6.07, 6.45) is 3.20. The van der Waals surface area contributed by atoms with Gasteiger partial charge in [0, 0.05) is 5.57 Å². The van der Waals surface area contributed by atoms with Crippen LogP contribution in [0, 0.1) is 11.3 Å². The molecule has 3 nitrogen and oxygen atoms in total. The van der Waals surface area contributed by atoms with Crippen molar-refractivity contribution in [2.24, 2.45) is 21.4 Å². The Hall–Kier alpha value is -1.38. The van der Waals surface area contributed by atoms with Crippen LogP contribution < -0.4 is 0 Å². The first-order valence-electron chi connectivity index (χ1n) is 5.82. The molecule has 1 atom stereocenters. The Morgan fingerprint density at radius 2 is 2.25 bits per heavy atom. The highest BCUT2D eigenvalue weighted by atomic mass is 15.5. The summed E-state index contributed by atoms with van der Waals surface area (Å²) < 4.78 is 0. The van der Waals surface area contributed by atoms with Gasteiger partial charge < -0.3 is 0 Å². The van der Waals surface area contributed by atoms with Gasteiger partial charge in [0.2, 0.25) is 0 Å². The van der Waals surface area contributed by atoms with Crippen LogP contribution in [0.4, 0.5) is 0 Å². The van der Waals surface area contributed by atoms with Crippen molar-refractivity contribution in [1.29, 1.82) is 0 Å². The Bertz CT molecular complexity index is 466. The Kier molecular flexibility index (Phi) is 1.74. The summed E-state index contributed by atoms with van der Waals surface area (Å²) in [6, 6.07) is 0. The molecule has 0 N–H and O–H groups in total. The summed E-state index contributed by atoms with van der Waals surface area (Å²) >= 11 is 0. The fraction of sp³-hybridized carbons (Fsp3) is 0.538. The van der Waals surface area contributed by atoms with Crippen LogP contribution in [0.25, 0.3) is 0 Å². The molecule has 1 unspecified atom stereocenters. The zero-order valence-corrected chi connectivity index (χ0v) is 10.1. The minimum Gasteiger partial charge on any atom is -0.242 e. The molecule has 0 spiro atoms. The molecule has 0 amide bonds. The Labute approximate surface area is 96.2 Å². The van der Waals surface area contributed by atoms with Crippen LogP contribution in [0.3, 0.4) is 0 Å². The highest BCUT2D eigenvalue weighted by Gasteiger charge is 2.43. The molecule has 0 saturated heterocycles. The molecule has 2 heterocycles. The molecular formula is C13H17N3. The second-order valence-corrected chi connectivity index (χ2v) is 5.62. The first kappa shape index (κ1) is 9.82. The molecule has 16 heavy (non-hydrogen) atoms. The Morgan fingerprint density at radius 1 is 1.50 bits per heavy atom. The topological polar surface area (TPSA) is 28.0 Å². The van der Waals surface area contributed by atoms with Crippen LogP contribution in [-0.4, -0.2) is 23.6 Å². The number of aliphatic imine (C=N–C) groups is 1. The third kappa shape index (κ3) is 1.14. The van der Waals surface area contributed by atoms with E-state index in [-0.39, 0.29) is 5.41 Å². The zero-order valence-electron chi connectivity index (χ0n) is 10.1. The smallest absolute Gasteiger partial charge is 0.153 e. The first-order chi connectivity index (χ1) is 7.49. The lowest BCUT2D eigenvalue weighted by atomic mass is 9.83. The number of fused-ring (bicyclic) bond motifs is 2. The van der Waals surface area contributed by atoms with Crippen molar-refractivity contribution in [3.8, 4) is 0 Å². The van der Waals surface area contributed by atoms with Crippen molar-refractivity contribution in [2.45, 2.75) is 27.2 Å². The van der Waals surface area contributed by atoms with Gasteiger partial charge in [0.05, 0.1) is 18.5 Å². The van der Waals surface area contributed by atoms with Crippen LogP contribution in [0.15, 0.2) is 33.5 Å². The summed E-state index contributed by atoms with van der Waals surface area (Å²) in [5, 5.41) is 6.43. The normalized spacial score (nSPS) is 30.7. The molecule has 3 heteroatoms. The molecule has 3 aliphatic rings. The number of nitrogens with zero attached hydrogens (tertiary/aromatic N) is 3. The summed E-state index contributed by atoms with van der Waals surface area (Å²) in [7, 11) is 0. The van der Waals surface area contributed by atoms with Gasteiger partial charge >= 0.3 is 0 Å². The standard InChI is InChI=1S/C13H17N3/c1-8-5-13(3,4)11-10(8)6-14-16-7-9(2)15-12(11)16/h6,8H,2,5,7H2,1,3-4H3. The van der Waals surface area contributed by atoms with Crippen molar-refractivity contribution in [3.63, 3.8) is 0 Å². The SMILES string of the molecule is C=C1CN2N=CC3=C(C2=N1)C(C)(C)CC3C. The van der Waals surface area contributed by atoms with Crippen molar-refractivity contribution in [3.05, 3.63) is 23.4 Å². The molecular weight excluding hydrogens is 198 g/mol. The molecule has 0 bridgehead atoms. The van der Waals surface area contributed by atoms with Crippen molar-refractivity contribution in [1.82, 2.24) is 5.01 Å². The van der Waals surface area contributed by atoms with Crippen LogP contribution in [-0.2, 0) is 0 Å². The molecule has 0 radical (unpaired) electrons. The van der Waals surface area contributed by atoms with Gasteiger partial charge in [-0.1, -0.05) is 27.4 Å². The van der Waals surface area contributed by atoms with E-state index in [4.69, 9.17) is 0 Å². The Balaban J connectivity index is 2.17. The summed E-state index contributed by atoms with van der Waals surface area (Å²) in [5.74, 6) is 1.63. The molecule has 0 aromatic carbocycles. The van der Waals surface area contributed by atoms with Gasteiger partial charge in [-0.05, 0) is 23.3 Å². The number of hydrogen-bond donors (Lipinski definition) is 0. The predicted octanol–water partition coefficient (Wildman–Crippen LogP) is 2.58. The molecule has 3 rings (SSSR count). The quantitative estimate of drug-likeness (QED) is 0.610. The average Bonchev–Trinajstić information content (AvgIpc) is 2.63. The highest BCUT2D eigenvalue weighted by Crippen LogP contribution is 2.48. The van der Waals surface area contributed by atoms with Gasteiger partial charge in [-0.3, -0.25) is 0 Å². The van der Waals surface area contributed by atoms with E-state index in [1.54, 1.807) is 0 Å². The third-order valence-electron chi connectivity index (χ3n) is 3.71. The average molecular weight is 215 g/mol. The van der Waals surface area contributed by atoms with Gasteiger partial charge in [0.25, 0.3) is 0 Å². The maximum atomic E-state index is 4.56. The predicted molar refractivity (Wildman–Crippen MR) is 66.4 cm³/mol. The van der Waals surface area contributed by atoms with Gasteiger partial charge in [0.15, 0.2) is 5.84 Å². The van der Waals surface area contributed by atoms with Crippen LogP contribution in [0.1, 0.15) is 27.2 Å². The number of allylic oxidation sites excluding steroid dienone is 1. The van der Waals surface area contributed by atoms with E-state index < -0.39 is 0 Å². The summed E-state index contributed by atoms with van der Waals surface area (Å²) in [4.78, 5) is 4.56. The maximum Gasteiger partial charge on any atom is 0.153 e. The number of hydrogen-bond acceptors (Lipinski definition) is 3. The van der Waals surface area contributed by atoms with Crippen LogP contribution in [0.2, 0.25) is 0 Å². The summed E-state index contributed by atoms with van der Waals surface area (Å²) in [5.41, 5.74) is 3.88. The minimum absolute atomic E-state index is 0.211. The zero-order chi connectivity index (χ0) is 11.5. The van der Waals surface area contributed by atoms with Gasteiger partial charge in [-0.15, -0.1) is 0 Å². The van der Waals surface area contributed by atoms with Crippen LogP contribution in [0.5, 0.6) is 0 Å². The van der Waals surface area contributed by atoms with E-state index in [9.17, 15) is 0 Å². The fourth-order valence-electron chi connectivity index (χ4n) is 3.14. The lowest BCUT2D eigenvalue weighted by Crippen LogP contribution is -2.31. The number of rotatable bonds is 0. The van der Waals surface area contributed by atoms with E-state index in [0.29, 0.717) is 5.92 Å². The molecule has 0 aromatic heterocycles. The number of hydrazone groups is 1. The fourth-order valence-corrected chi connectivity index (χ4v) is 3.14. The summed E-state index contributed by atoms with van der Waals surface area (Å²) in [6.45, 7) is 11.5. The molecule has 0 saturated carbocycles. The van der Waals surface area contributed by atoms with E-state index in [1.807, 2.05) is 11.2 Å². The lowest BCUT2D eigenvalue weighted by molar-refractivity contribution is 0.405. The van der Waals surface area contributed by atoms with Crippen LogP contribution >= 0.6 is 0 Å². The molecule has 1 aliphatic carbocycles. The van der Waals surface area contributed by atoms with E-state index >= 15 is 0 Å². The van der Waals surface area contributed by atoms with Gasteiger partial charge in [-0.25, -0.2) is 10.0 Å². The molecule has 2 aliphatic heterocycles. The lowest BCUT2D eigenvalue weighted by Gasteiger charge is -2.27. The van der Waals surface area contributed by atoms with Crippen molar-refractivity contribution in [2.75, 3.05) is 6.54 Å². The number of amidine groups is 1. The molecule has 84 valence electrons. The minimum atomic E-state index is 0.211. The van der Waals surface area contributed by atoms with Crippen molar-refractivity contribution >= 4 is 12.1 Å². The highest BCUT2D eigenvalue weighted by molar-refractivity contribution is 6.09. The third-order valence-corrected chi connectivity index (χ3v) is 3.71. The molecule has 0 fully saturated rings. The van der Waals surface area contributed by atoms with Gasteiger partial charge in [0.1, 0.15) is 0 Å². The monoisotopic (exact) mass is 215 g/mol. The Morgan fingerprint density at radius 3 is 3.00 bits per heavy atom. The van der Waals surface area contributed by atoms with Crippen molar-refractivity contribution < 1.29 is 0 Å². The van der Waals surface area contributed by atoms with Gasteiger partial charge in [-0.2, -0.15) is 5.10 Å². The van der Waals surface area contributed by atoms with E-state index in [2.05, 4.69) is 37.4 Å². The second-order valence-electron chi connectivity index (χ2n) is 5.62. The first-order valence-corrected chi connectivity index (χ1v) is 5.82.